The van der Waals surface area contributed by atoms with Gasteiger partial charge in [-0.15, -0.1) is 0 Å². The van der Waals surface area contributed by atoms with Crippen LogP contribution >= 0.6 is 0 Å². The van der Waals surface area contributed by atoms with Gasteiger partial charge in [-0.05, 0) is 30.2 Å². The van der Waals surface area contributed by atoms with E-state index in [1.807, 2.05) is 4.57 Å². The number of pyridine rings is 1. The summed E-state index contributed by atoms with van der Waals surface area (Å²) in [5.41, 5.74) is 1.25. The van der Waals surface area contributed by atoms with Gasteiger partial charge in [-0.25, -0.2) is 4.79 Å². The van der Waals surface area contributed by atoms with E-state index in [0.29, 0.717) is 17.6 Å². The minimum atomic E-state index is -0.443. The zero-order chi connectivity index (χ0) is 21.5. The van der Waals surface area contributed by atoms with Crippen molar-refractivity contribution in [3.05, 3.63) is 55.3 Å². The number of fused-ring (bicyclic) bond motifs is 2. The van der Waals surface area contributed by atoms with E-state index < -0.39 is 5.69 Å². The monoisotopic (exact) mass is 411 g/mol. The van der Waals surface area contributed by atoms with Crippen LogP contribution in [0.5, 0.6) is 0 Å². The summed E-state index contributed by atoms with van der Waals surface area (Å²) in [5, 5.41) is 0.468. The minimum Gasteiger partial charge on any atom is -0.326 e. The van der Waals surface area contributed by atoms with Gasteiger partial charge in [0, 0.05) is 19.7 Å². The van der Waals surface area contributed by atoms with Crippen molar-refractivity contribution in [1.29, 1.82) is 0 Å². The van der Waals surface area contributed by atoms with Crippen molar-refractivity contribution in [3.63, 3.8) is 0 Å². The molecule has 1 N–H and O–H groups in total. The normalized spacial score (nSPS) is 11.5. The number of nitrogens with one attached hydrogen (secondary N) is 1. The predicted octanol–water partition coefficient (Wildman–Crippen LogP) is 4.41. The zero-order valence-electron chi connectivity index (χ0n) is 18.2. The van der Waals surface area contributed by atoms with Crippen LogP contribution in [-0.2, 0) is 13.6 Å². The summed E-state index contributed by atoms with van der Waals surface area (Å²) in [6.45, 7) is 2.90. The Morgan fingerprint density at radius 1 is 0.833 bits per heavy atom. The van der Waals surface area contributed by atoms with Gasteiger partial charge < -0.3 is 4.57 Å². The predicted molar refractivity (Wildman–Crippen MR) is 123 cm³/mol. The number of aryl methyl sites for hydroxylation is 1. The maximum atomic E-state index is 12.6. The average Bonchev–Trinajstić information content (AvgIpc) is 2.73. The summed E-state index contributed by atoms with van der Waals surface area (Å²) in [5.74, 6) is 0. The second kappa shape index (κ2) is 10.4. The number of unbranched alkanes of at least 4 members (excludes halogenated alkanes) is 9. The summed E-state index contributed by atoms with van der Waals surface area (Å²) >= 11 is 0. The fourth-order valence-electron chi connectivity index (χ4n) is 4.11. The Morgan fingerprint density at radius 2 is 1.47 bits per heavy atom. The molecular formula is C24H33N3O3. The van der Waals surface area contributed by atoms with Gasteiger partial charge in [-0.2, -0.15) is 0 Å². The lowest BCUT2D eigenvalue weighted by Gasteiger charge is -2.18. The van der Waals surface area contributed by atoms with E-state index in [9.17, 15) is 14.4 Å². The fourth-order valence-corrected chi connectivity index (χ4v) is 4.11. The summed E-state index contributed by atoms with van der Waals surface area (Å²) in [6, 6.07) is 6.60. The molecule has 0 fully saturated rings. The maximum absolute atomic E-state index is 12.6. The molecule has 2 aliphatic rings. The van der Waals surface area contributed by atoms with Crippen LogP contribution < -0.4 is 16.7 Å². The summed E-state index contributed by atoms with van der Waals surface area (Å²) in [6.07, 6.45) is 12.4. The molecule has 1 aliphatic heterocycles. The van der Waals surface area contributed by atoms with Crippen LogP contribution in [0.3, 0.4) is 0 Å². The second-order valence-corrected chi connectivity index (χ2v) is 8.26. The Balaban J connectivity index is 1.73. The number of benzene rings is 1. The molecule has 0 atom stereocenters. The van der Waals surface area contributed by atoms with Crippen molar-refractivity contribution >= 4 is 11.0 Å². The molecule has 0 spiro atoms. The smallest absolute Gasteiger partial charge is 0.326 e. The van der Waals surface area contributed by atoms with Crippen molar-refractivity contribution in [3.8, 4) is 11.3 Å². The van der Waals surface area contributed by atoms with Crippen LogP contribution in [0.25, 0.3) is 22.3 Å². The molecule has 0 radical (unpaired) electrons. The highest BCUT2D eigenvalue weighted by atomic mass is 16.2. The van der Waals surface area contributed by atoms with Gasteiger partial charge >= 0.3 is 5.69 Å². The molecule has 0 saturated heterocycles. The molecule has 0 bridgehead atoms. The Bertz CT molecular complexity index is 1120. The van der Waals surface area contributed by atoms with Crippen LogP contribution in [0.1, 0.15) is 71.1 Å². The number of hydrogen-bond acceptors (Lipinski definition) is 3. The molecule has 0 saturated carbocycles. The lowest BCUT2D eigenvalue weighted by Crippen LogP contribution is -2.33. The molecule has 0 aromatic carbocycles. The van der Waals surface area contributed by atoms with E-state index in [4.69, 9.17) is 0 Å². The van der Waals surface area contributed by atoms with Crippen LogP contribution in [0.2, 0.25) is 0 Å². The van der Waals surface area contributed by atoms with Crippen molar-refractivity contribution in [2.45, 2.75) is 77.7 Å². The van der Waals surface area contributed by atoms with Gasteiger partial charge in [-0.3, -0.25) is 19.1 Å². The van der Waals surface area contributed by atoms with E-state index in [1.54, 1.807) is 18.2 Å². The van der Waals surface area contributed by atoms with Crippen molar-refractivity contribution in [1.82, 2.24) is 14.1 Å². The first-order valence-corrected chi connectivity index (χ1v) is 11.3. The van der Waals surface area contributed by atoms with Crippen molar-refractivity contribution in [2.75, 3.05) is 0 Å². The topological polar surface area (TPSA) is 76.9 Å². The van der Waals surface area contributed by atoms with E-state index in [-0.39, 0.29) is 11.0 Å². The Labute approximate surface area is 176 Å². The Morgan fingerprint density at radius 3 is 2.13 bits per heavy atom. The molecule has 2 heterocycles. The molecule has 1 aromatic heterocycles. The van der Waals surface area contributed by atoms with E-state index in [2.05, 4.69) is 11.9 Å². The average molecular weight is 412 g/mol. The van der Waals surface area contributed by atoms with Crippen LogP contribution in [-0.4, -0.2) is 14.1 Å². The second-order valence-electron chi connectivity index (χ2n) is 8.26. The lowest BCUT2D eigenvalue weighted by atomic mass is 10.1. The molecule has 0 unspecified atom stereocenters. The number of nitrogens with zero attached hydrogens (tertiary/aromatic N) is 2. The molecule has 1 aromatic rings. The van der Waals surface area contributed by atoms with Gasteiger partial charge in [-0.1, -0.05) is 64.7 Å². The molecule has 162 valence electrons. The number of aromatic amines is 1. The molecule has 1 aliphatic carbocycles. The summed E-state index contributed by atoms with van der Waals surface area (Å²) in [4.78, 5) is 39.6. The Kier molecular flexibility index (Phi) is 7.66. The molecule has 6 nitrogen and oxygen atoms in total. The van der Waals surface area contributed by atoms with E-state index in [0.717, 1.165) is 28.7 Å². The highest BCUT2D eigenvalue weighted by Crippen LogP contribution is 2.25. The molecule has 30 heavy (non-hydrogen) atoms. The largest absolute Gasteiger partial charge is 0.329 e. The number of rotatable bonds is 11. The van der Waals surface area contributed by atoms with Gasteiger partial charge in [0.25, 0.3) is 5.56 Å². The molecule has 0 amide bonds. The highest BCUT2D eigenvalue weighted by molar-refractivity contribution is 5.83. The number of aromatic nitrogens is 3. The quantitative estimate of drug-likeness (QED) is 0.375. The van der Waals surface area contributed by atoms with Gasteiger partial charge in [0.1, 0.15) is 5.65 Å². The lowest BCUT2D eigenvalue weighted by molar-refractivity contribution is 0.538. The molecule has 3 rings (SSSR count). The zero-order valence-corrected chi connectivity index (χ0v) is 18.2. The van der Waals surface area contributed by atoms with Gasteiger partial charge in [0.2, 0.25) is 0 Å². The first kappa shape index (κ1) is 22.1. The van der Waals surface area contributed by atoms with Gasteiger partial charge in [0.05, 0.1) is 11.1 Å². The van der Waals surface area contributed by atoms with Crippen LogP contribution in [0.4, 0.5) is 0 Å². The molecule has 6 heteroatoms. The van der Waals surface area contributed by atoms with Crippen LogP contribution in [0.15, 0.2) is 38.6 Å². The third-order valence-electron chi connectivity index (χ3n) is 5.92. The third-order valence-corrected chi connectivity index (χ3v) is 5.92. The number of hydrogen-bond donors (Lipinski definition) is 1. The third kappa shape index (κ3) is 5.10. The number of H-pyrrole nitrogens is 1. The SMILES string of the molecule is CCCCCCCCCCCCn1c2cc(=O)ccc-2cc2c(=O)n(C)c(=O)[nH]c21. The summed E-state index contributed by atoms with van der Waals surface area (Å²) < 4.78 is 3.01. The fraction of sp³-hybridized carbons (Fsp3) is 0.542. The van der Waals surface area contributed by atoms with E-state index in [1.165, 1.54) is 64.5 Å². The van der Waals surface area contributed by atoms with E-state index >= 15 is 0 Å². The maximum Gasteiger partial charge on any atom is 0.329 e. The van der Waals surface area contributed by atoms with Crippen LogP contribution in [0, 0.1) is 0 Å². The highest BCUT2D eigenvalue weighted by Gasteiger charge is 2.15. The Hall–Kier alpha value is -2.63. The van der Waals surface area contributed by atoms with Crippen molar-refractivity contribution in [2.24, 2.45) is 7.05 Å². The standard InChI is InChI=1S/C24H33N3O3/c1-3-4-5-6-7-8-9-10-11-12-15-27-21-17-19(28)14-13-18(21)16-20-22(27)25-24(30)26(2)23(20)29/h13-14,16-17H,3-12,15H2,1-2H3,(H,25,30). The minimum absolute atomic E-state index is 0.0788. The first-order chi connectivity index (χ1) is 14.5. The summed E-state index contributed by atoms with van der Waals surface area (Å²) in [7, 11) is 1.47. The first-order valence-electron chi connectivity index (χ1n) is 11.3. The van der Waals surface area contributed by atoms with Gasteiger partial charge in [0.15, 0.2) is 5.43 Å². The molecular weight excluding hydrogens is 378 g/mol. The van der Waals surface area contributed by atoms with Crippen molar-refractivity contribution < 1.29 is 0 Å².